The van der Waals surface area contributed by atoms with Crippen LogP contribution in [-0.2, 0) is 16.3 Å². The van der Waals surface area contributed by atoms with Crippen molar-refractivity contribution in [3.05, 3.63) is 73.1 Å². The number of thiazole rings is 1. The number of anilines is 1. The summed E-state index contributed by atoms with van der Waals surface area (Å²) in [5.41, 5.74) is 1.93. The maximum Gasteiger partial charge on any atom is 0.185 e. The Hall–Kier alpha value is -1.02. The fourth-order valence-electron chi connectivity index (χ4n) is 3.69. The lowest BCUT2D eigenvalue weighted by molar-refractivity contribution is 0.529. The normalized spacial score (nSPS) is 15.4. The van der Waals surface area contributed by atoms with Gasteiger partial charge in [0, 0.05) is 34.9 Å². The zero-order valence-corrected chi connectivity index (χ0v) is 20.9. The maximum atomic E-state index is 13.1. The van der Waals surface area contributed by atoms with Crippen LogP contribution in [0.3, 0.4) is 0 Å². The summed E-state index contributed by atoms with van der Waals surface area (Å²) >= 11 is 25.9. The molecule has 0 radical (unpaired) electrons. The molecule has 1 aliphatic heterocycles. The molecule has 0 saturated carbocycles. The molecule has 1 aliphatic rings. The molecule has 164 valence electrons. The van der Waals surface area contributed by atoms with Gasteiger partial charge in [0.2, 0.25) is 0 Å². The van der Waals surface area contributed by atoms with Gasteiger partial charge in [-0.15, -0.1) is 11.3 Å². The number of aromatic nitrogens is 1. The van der Waals surface area contributed by atoms with Gasteiger partial charge in [0.15, 0.2) is 15.0 Å². The first-order valence-electron chi connectivity index (χ1n) is 9.56. The van der Waals surface area contributed by atoms with E-state index in [2.05, 4.69) is 4.90 Å². The highest BCUT2D eigenvalue weighted by atomic mass is 35.5. The van der Waals surface area contributed by atoms with Gasteiger partial charge in [-0.25, -0.2) is 13.4 Å². The van der Waals surface area contributed by atoms with E-state index in [0.29, 0.717) is 42.4 Å². The summed E-state index contributed by atoms with van der Waals surface area (Å²) in [6.45, 7) is 1.22. The van der Waals surface area contributed by atoms with Crippen LogP contribution in [0.25, 0.3) is 0 Å². The molecule has 0 unspecified atom stereocenters. The van der Waals surface area contributed by atoms with Crippen molar-refractivity contribution in [2.24, 2.45) is 0 Å². The Kier molecular flexibility index (Phi) is 7.06. The summed E-state index contributed by atoms with van der Waals surface area (Å²) in [5, 5.41) is 3.95. The smallest absolute Gasteiger partial charge is 0.185 e. The minimum absolute atomic E-state index is 0.0947. The van der Waals surface area contributed by atoms with Crippen molar-refractivity contribution in [3.63, 3.8) is 0 Å². The average Bonchev–Trinajstić information content (AvgIpc) is 3.17. The lowest BCUT2D eigenvalue weighted by Crippen LogP contribution is -2.39. The van der Waals surface area contributed by atoms with Crippen molar-refractivity contribution >= 4 is 72.7 Å². The SMILES string of the molecule is O=S(=O)(c1cccc(Cl)c1Cl)C1CCN(c2nc(Cc3cc(Cl)cc(Cl)c3)cs2)CC1. The third kappa shape index (κ3) is 5.15. The minimum Gasteiger partial charge on any atom is -0.348 e. The molecule has 1 saturated heterocycles. The summed E-state index contributed by atoms with van der Waals surface area (Å²) in [6.07, 6.45) is 1.64. The van der Waals surface area contributed by atoms with E-state index >= 15 is 0 Å². The summed E-state index contributed by atoms with van der Waals surface area (Å²) in [6, 6.07) is 10.2. The fourth-order valence-corrected chi connectivity index (χ4v) is 7.63. The van der Waals surface area contributed by atoms with E-state index in [1.54, 1.807) is 29.5 Å². The van der Waals surface area contributed by atoms with Gasteiger partial charge in [-0.1, -0.05) is 52.5 Å². The van der Waals surface area contributed by atoms with Gasteiger partial charge in [0.1, 0.15) is 0 Å². The van der Waals surface area contributed by atoms with E-state index in [0.717, 1.165) is 16.4 Å². The van der Waals surface area contributed by atoms with Gasteiger partial charge in [0.05, 0.1) is 25.9 Å². The number of rotatable bonds is 5. The van der Waals surface area contributed by atoms with Crippen molar-refractivity contribution in [2.75, 3.05) is 18.0 Å². The van der Waals surface area contributed by atoms with E-state index in [9.17, 15) is 8.42 Å². The van der Waals surface area contributed by atoms with E-state index in [-0.39, 0.29) is 14.9 Å². The quantitative estimate of drug-likeness (QED) is 0.361. The number of sulfone groups is 1. The Morgan fingerprint density at radius 1 is 1.03 bits per heavy atom. The highest BCUT2D eigenvalue weighted by Crippen LogP contribution is 2.35. The van der Waals surface area contributed by atoms with Crippen molar-refractivity contribution in [1.82, 2.24) is 4.98 Å². The topological polar surface area (TPSA) is 50.3 Å². The summed E-state index contributed by atoms with van der Waals surface area (Å²) in [7, 11) is -3.55. The molecule has 0 amide bonds. The first-order chi connectivity index (χ1) is 14.7. The molecule has 2 aromatic carbocycles. The molecule has 0 atom stereocenters. The number of halogens is 4. The van der Waals surface area contributed by atoms with Crippen LogP contribution in [0, 0.1) is 0 Å². The molecule has 0 N–H and O–H groups in total. The predicted molar refractivity (Wildman–Crippen MR) is 130 cm³/mol. The lowest BCUT2D eigenvalue weighted by Gasteiger charge is -2.31. The van der Waals surface area contributed by atoms with Crippen LogP contribution in [0.1, 0.15) is 24.1 Å². The average molecular weight is 536 g/mol. The van der Waals surface area contributed by atoms with E-state index in [1.165, 1.54) is 6.07 Å². The van der Waals surface area contributed by atoms with Crippen LogP contribution in [0.4, 0.5) is 5.13 Å². The van der Waals surface area contributed by atoms with Gasteiger partial charge in [-0.05, 0) is 48.7 Å². The number of benzene rings is 2. The monoisotopic (exact) mass is 534 g/mol. The zero-order valence-electron chi connectivity index (χ0n) is 16.2. The van der Waals surface area contributed by atoms with Gasteiger partial charge in [-0.3, -0.25) is 0 Å². The Balaban J connectivity index is 1.43. The summed E-state index contributed by atoms with van der Waals surface area (Å²) in [5.74, 6) is 0. The second-order valence-corrected chi connectivity index (χ2v) is 12.1. The predicted octanol–water partition coefficient (Wildman–Crippen LogP) is 6.79. The first-order valence-corrected chi connectivity index (χ1v) is 13.5. The van der Waals surface area contributed by atoms with Crippen LogP contribution >= 0.6 is 57.7 Å². The molecule has 10 heteroatoms. The van der Waals surface area contributed by atoms with Crippen LogP contribution in [0.2, 0.25) is 20.1 Å². The van der Waals surface area contributed by atoms with Gasteiger partial charge in [0.25, 0.3) is 0 Å². The lowest BCUT2D eigenvalue weighted by atomic mass is 10.1. The summed E-state index contributed by atoms with van der Waals surface area (Å²) < 4.78 is 26.1. The molecule has 0 bridgehead atoms. The third-order valence-electron chi connectivity index (χ3n) is 5.22. The van der Waals surface area contributed by atoms with Crippen LogP contribution in [0.15, 0.2) is 46.7 Å². The van der Waals surface area contributed by atoms with Crippen LogP contribution in [0.5, 0.6) is 0 Å². The van der Waals surface area contributed by atoms with Crippen molar-refractivity contribution in [1.29, 1.82) is 0 Å². The third-order valence-corrected chi connectivity index (χ3v) is 9.84. The molecule has 31 heavy (non-hydrogen) atoms. The second-order valence-electron chi connectivity index (χ2n) is 7.36. The Morgan fingerprint density at radius 2 is 1.71 bits per heavy atom. The van der Waals surface area contributed by atoms with Gasteiger partial charge >= 0.3 is 0 Å². The van der Waals surface area contributed by atoms with Crippen molar-refractivity contribution in [2.45, 2.75) is 29.4 Å². The zero-order chi connectivity index (χ0) is 22.2. The van der Waals surface area contributed by atoms with E-state index in [1.807, 2.05) is 17.5 Å². The molecule has 0 spiro atoms. The molecule has 4 nitrogen and oxygen atoms in total. The Bertz CT molecular complexity index is 1190. The van der Waals surface area contributed by atoms with Crippen LogP contribution in [-0.4, -0.2) is 31.7 Å². The fraction of sp³-hybridized carbons (Fsp3) is 0.286. The number of nitrogens with zero attached hydrogens (tertiary/aromatic N) is 2. The number of piperidine rings is 1. The molecular weight excluding hydrogens is 518 g/mol. The highest BCUT2D eigenvalue weighted by molar-refractivity contribution is 7.92. The molecule has 3 aromatic rings. The van der Waals surface area contributed by atoms with Gasteiger partial charge in [-0.2, -0.15) is 0 Å². The standard InChI is InChI=1S/C21H18Cl4N2O2S2/c22-14-8-13(9-15(23)11-14)10-16-12-30-21(26-16)27-6-4-17(5-7-27)31(28,29)19-3-1-2-18(24)20(19)25/h1-3,8-9,11-12,17H,4-7,10H2. The number of hydrogen-bond donors (Lipinski definition) is 0. The molecule has 1 fully saturated rings. The molecule has 4 rings (SSSR count). The van der Waals surface area contributed by atoms with Crippen molar-refractivity contribution in [3.8, 4) is 0 Å². The minimum atomic E-state index is -3.55. The molecule has 1 aromatic heterocycles. The van der Waals surface area contributed by atoms with E-state index < -0.39 is 15.1 Å². The van der Waals surface area contributed by atoms with Crippen LogP contribution < -0.4 is 4.90 Å². The Labute approximate surface area is 205 Å². The Morgan fingerprint density at radius 3 is 2.39 bits per heavy atom. The summed E-state index contributed by atoms with van der Waals surface area (Å²) in [4.78, 5) is 6.97. The largest absolute Gasteiger partial charge is 0.348 e. The maximum absolute atomic E-state index is 13.1. The molecule has 0 aliphatic carbocycles. The highest BCUT2D eigenvalue weighted by Gasteiger charge is 2.33. The first kappa shape index (κ1) is 23.1. The van der Waals surface area contributed by atoms with Gasteiger partial charge < -0.3 is 4.90 Å². The molecule has 2 heterocycles. The molecular formula is C21H18Cl4N2O2S2. The number of hydrogen-bond acceptors (Lipinski definition) is 5. The second kappa shape index (κ2) is 9.46. The van der Waals surface area contributed by atoms with Crippen molar-refractivity contribution < 1.29 is 8.42 Å². The van der Waals surface area contributed by atoms with E-state index in [4.69, 9.17) is 51.4 Å².